The topological polar surface area (TPSA) is 110 Å². The number of aromatic nitrogens is 5. The van der Waals surface area contributed by atoms with E-state index in [1.165, 1.54) is 36.7 Å². The third-order valence-electron chi connectivity index (χ3n) is 4.19. The van der Waals surface area contributed by atoms with Crippen molar-refractivity contribution in [1.82, 2.24) is 24.3 Å². The molecule has 2 aromatic rings. The van der Waals surface area contributed by atoms with Crippen LogP contribution < -0.4 is 5.69 Å². The Kier molecular flexibility index (Phi) is 4.83. The van der Waals surface area contributed by atoms with Gasteiger partial charge in [-0.15, -0.1) is 0 Å². The van der Waals surface area contributed by atoms with E-state index in [0.717, 1.165) is 11.5 Å². The maximum Gasteiger partial charge on any atom is 0.351 e. The van der Waals surface area contributed by atoms with Crippen LogP contribution in [0, 0.1) is 0 Å². The average Bonchev–Trinajstić information content (AvgIpc) is 3.24. The number of carbonyl (C=O) groups excluding carboxylic acids is 1. The molecule has 0 bridgehead atoms. The molecule has 2 aromatic heterocycles. The second-order valence-corrected chi connectivity index (χ2v) is 5.67. The summed E-state index contributed by atoms with van der Waals surface area (Å²) in [5.41, 5.74) is -0.727. The molecule has 0 amide bonds. The molecule has 10 nitrogen and oxygen atoms in total. The number of ether oxygens (including phenoxy) is 3. The summed E-state index contributed by atoms with van der Waals surface area (Å²) in [7, 11) is 1.29. The molecule has 4 atom stereocenters. The van der Waals surface area contributed by atoms with Gasteiger partial charge in [0.2, 0.25) is 5.79 Å². The van der Waals surface area contributed by atoms with Gasteiger partial charge in [-0.05, 0) is 6.07 Å². The molecule has 0 aliphatic carbocycles. The molecule has 1 aliphatic heterocycles. The van der Waals surface area contributed by atoms with Gasteiger partial charge in [-0.25, -0.2) is 18.9 Å². The van der Waals surface area contributed by atoms with E-state index in [2.05, 4.69) is 15.1 Å². The van der Waals surface area contributed by atoms with Crippen LogP contribution in [0.1, 0.15) is 26.5 Å². The molecule has 1 saturated heterocycles. The van der Waals surface area contributed by atoms with Gasteiger partial charge in [0, 0.05) is 26.7 Å². The zero-order valence-electron chi connectivity index (χ0n) is 14.4. The molecule has 3 rings (SSSR count). The molecule has 0 unspecified atom stereocenters. The summed E-state index contributed by atoms with van der Waals surface area (Å²) in [5.74, 6) is -2.10. The number of esters is 1. The van der Waals surface area contributed by atoms with Crippen molar-refractivity contribution in [3.63, 3.8) is 0 Å². The van der Waals surface area contributed by atoms with E-state index in [1.807, 2.05) is 0 Å². The monoisotopic (exact) mass is 367 g/mol. The number of hydrogen-bond acceptors (Lipinski definition) is 8. The number of halogens is 1. The first-order chi connectivity index (χ1) is 12.4. The minimum absolute atomic E-state index is 0.151. The predicted molar refractivity (Wildman–Crippen MR) is 84.0 cm³/mol. The number of nitrogens with zero attached hydrogens (tertiary/aromatic N) is 5. The van der Waals surface area contributed by atoms with Crippen molar-refractivity contribution in [1.29, 1.82) is 0 Å². The molecule has 0 radical (unpaired) electrons. The van der Waals surface area contributed by atoms with Gasteiger partial charge in [-0.3, -0.25) is 9.36 Å². The van der Waals surface area contributed by atoms with Gasteiger partial charge >= 0.3 is 11.7 Å². The number of rotatable bonds is 5. The molecule has 1 fully saturated rings. The Hall–Kier alpha value is -2.66. The van der Waals surface area contributed by atoms with Crippen LogP contribution in [0.25, 0.3) is 5.82 Å². The highest BCUT2D eigenvalue weighted by Gasteiger charge is 2.58. The fraction of sp³-hybridized carbons (Fsp3) is 0.533. The van der Waals surface area contributed by atoms with Gasteiger partial charge < -0.3 is 14.2 Å². The normalized spacial score (nSPS) is 28.2. The van der Waals surface area contributed by atoms with Gasteiger partial charge in [0.25, 0.3) is 0 Å². The molecule has 3 heterocycles. The molecule has 0 N–H and O–H groups in total. The highest BCUT2D eigenvalue weighted by molar-refractivity contribution is 5.66. The lowest BCUT2D eigenvalue weighted by Gasteiger charge is -2.27. The largest absolute Gasteiger partial charge is 0.454 e. The van der Waals surface area contributed by atoms with Crippen LogP contribution in [0.2, 0.25) is 0 Å². The first-order valence-corrected chi connectivity index (χ1v) is 7.90. The van der Waals surface area contributed by atoms with Crippen LogP contribution in [0.15, 0.2) is 29.7 Å². The van der Waals surface area contributed by atoms with E-state index in [1.54, 1.807) is 6.92 Å². The highest BCUT2D eigenvalue weighted by Crippen LogP contribution is 2.42. The number of alkyl halides is 1. The summed E-state index contributed by atoms with van der Waals surface area (Å²) >= 11 is 0. The lowest BCUT2D eigenvalue weighted by atomic mass is 10.1. The summed E-state index contributed by atoms with van der Waals surface area (Å²) in [6.07, 6.45) is -0.174. The maximum atomic E-state index is 15.0. The zero-order chi connectivity index (χ0) is 18.9. The first-order valence-electron chi connectivity index (χ1n) is 7.90. The molecule has 140 valence electrons. The second-order valence-electron chi connectivity index (χ2n) is 5.67. The van der Waals surface area contributed by atoms with Crippen LogP contribution >= 0.6 is 0 Å². The van der Waals surface area contributed by atoms with Crippen molar-refractivity contribution in [2.24, 2.45) is 0 Å². The summed E-state index contributed by atoms with van der Waals surface area (Å²) in [5, 5.41) is 3.89. The Morgan fingerprint density at radius 2 is 2.27 bits per heavy atom. The van der Waals surface area contributed by atoms with Crippen LogP contribution in [-0.2, 0) is 19.0 Å². The fourth-order valence-corrected chi connectivity index (χ4v) is 2.89. The summed E-state index contributed by atoms with van der Waals surface area (Å²) in [4.78, 5) is 31.5. The van der Waals surface area contributed by atoms with Crippen molar-refractivity contribution in [3.8, 4) is 5.82 Å². The lowest BCUT2D eigenvalue weighted by Crippen LogP contribution is -2.42. The van der Waals surface area contributed by atoms with Crippen LogP contribution in [0.4, 0.5) is 4.39 Å². The summed E-state index contributed by atoms with van der Waals surface area (Å²) in [6, 6.07) is 1.48. The van der Waals surface area contributed by atoms with E-state index >= 15 is 0 Å². The Bertz CT molecular complexity index is 835. The standard InChI is InChI=1S/C15H18FN5O5/c1-4-15(24-3)12(16)11(25-9(2)22)13(26-15)20-6-5-10(19-14(20)23)21-8-17-7-18-21/h5-8,11-13H,4H2,1-3H3/t11-,12+,13-,15-/m1/s1. The first kappa shape index (κ1) is 18.1. The lowest BCUT2D eigenvalue weighted by molar-refractivity contribution is -0.245. The minimum atomic E-state index is -1.78. The molecular weight excluding hydrogens is 349 g/mol. The predicted octanol–water partition coefficient (Wildman–Crippen LogP) is 0.375. The van der Waals surface area contributed by atoms with Crippen molar-refractivity contribution in [2.45, 2.75) is 44.6 Å². The minimum Gasteiger partial charge on any atom is -0.454 e. The van der Waals surface area contributed by atoms with E-state index in [0.29, 0.717) is 0 Å². The third-order valence-corrected chi connectivity index (χ3v) is 4.19. The number of carbonyl (C=O) groups is 1. The zero-order valence-corrected chi connectivity index (χ0v) is 14.4. The Morgan fingerprint density at radius 3 is 2.81 bits per heavy atom. The van der Waals surface area contributed by atoms with Crippen LogP contribution in [0.3, 0.4) is 0 Å². The van der Waals surface area contributed by atoms with Crippen LogP contribution in [-0.4, -0.2) is 55.5 Å². The molecule has 0 saturated carbocycles. The molecule has 0 aromatic carbocycles. The van der Waals surface area contributed by atoms with Crippen LogP contribution in [0.5, 0.6) is 0 Å². The van der Waals surface area contributed by atoms with E-state index in [4.69, 9.17) is 14.2 Å². The molecule has 0 spiro atoms. The third kappa shape index (κ3) is 2.99. The SMILES string of the molecule is CC[C@@]1(OC)O[C@@H](n2ccc(-n3cncn3)nc2=O)[C@H](OC(C)=O)[C@@H]1F. The van der Waals surface area contributed by atoms with E-state index in [-0.39, 0.29) is 12.2 Å². The Morgan fingerprint density at radius 1 is 1.50 bits per heavy atom. The summed E-state index contributed by atoms with van der Waals surface area (Å²) in [6.45, 7) is 2.81. The van der Waals surface area contributed by atoms with Gasteiger partial charge in [-0.1, -0.05) is 6.92 Å². The van der Waals surface area contributed by atoms with Crippen molar-refractivity contribution in [2.75, 3.05) is 7.11 Å². The maximum absolute atomic E-state index is 15.0. The van der Waals surface area contributed by atoms with Crippen molar-refractivity contribution >= 4 is 5.97 Å². The smallest absolute Gasteiger partial charge is 0.351 e. The van der Waals surface area contributed by atoms with E-state index in [9.17, 15) is 14.0 Å². The molecular formula is C15H18FN5O5. The van der Waals surface area contributed by atoms with E-state index < -0.39 is 35.9 Å². The number of hydrogen-bond donors (Lipinski definition) is 0. The van der Waals surface area contributed by atoms with Crippen molar-refractivity contribution in [3.05, 3.63) is 35.4 Å². The second kappa shape index (κ2) is 6.92. The average molecular weight is 367 g/mol. The van der Waals surface area contributed by atoms with Gasteiger partial charge in [-0.2, -0.15) is 10.1 Å². The summed E-state index contributed by atoms with van der Waals surface area (Å²) < 4.78 is 33.3. The Balaban J connectivity index is 2.00. The quantitative estimate of drug-likeness (QED) is 0.697. The Labute approximate surface area is 147 Å². The highest BCUT2D eigenvalue weighted by atomic mass is 19.1. The number of methoxy groups -OCH3 is 1. The van der Waals surface area contributed by atoms with Gasteiger partial charge in [0.1, 0.15) is 12.7 Å². The fourth-order valence-electron chi connectivity index (χ4n) is 2.89. The van der Waals surface area contributed by atoms with Crippen molar-refractivity contribution < 1.29 is 23.4 Å². The van der Waals surface area contributed by atoms with Gasteiger partial charge in [0.05, 0.1) is 0 Å². The molecule has 26 heavy (non-hydrogen) atoms. The molecule has 11 heteroatoms. The molecule has 1 aliphatic rings. The van der Waals surface area contributed by atoms with Gasteiger partial charge in [0.15, 0.2) is 24.3 Å².